The third-order valence-corrected chi connectivity index (χ3v) is 19.0. The number of hydrogen-bond donors (Lipinski definition) is 0. The molecule has 0 N–H and O–H groups in total. The second-order valence-electron chi connectivity index (χ2n) is 8.06. The molecule has 0 saturated carbocycles. The van der Waals surface area contributed by atoms with Crippen LogP contribution in [0.2, 0.25) is 17.5 Å². The topological polar surface area (TPSA) is 0 Å². The molecule has 1 atom stereocenters. The molecule has 0 nitrogen and oxygen atoms in total. The molecule has 1 unspecified atom stereocenters. The molecule has 20 heavy (non-hydrogen) atoms. The van der Waals surface area contributed by atoms with Gasteiger partial charge in [-0.25, -0.2) is 0 Å². The Balaban J connectivity index is 2.16. The summed E-state index contributed by atoms with van der Waals surface area (Å²) in [5.74, 6) is 0. The Morgan fingerprint density at radius 1 is 0.850 bits per heavy atom. The van der Waals surface area contributed by atoms with Crippen molar-refractivity contribution >= 4 is 6.08 Å². The van der Waals surface area contributed by atoms with Crippen LogP contribution in [0.5, 0.6) is 0 Å². The Kier molecular flexibility index (Phi) is 3.14. The summed E-state index contributed by atoms with van der Waals surface area (Å²) in [4.78, 5) is 0. The molecule has 0 aromatic heterocycles. The van der Waals surface area contributed by atoms with E-state index >= 15 is 0 Å². The number of benzene rings is 1. The standard InChI is InChI=1S/C11H11.C5H5.3CH3.Zr/c1-8-6-7-9(2)11-5-3-4-10(8)11;1-2-4-5-3-1;;;;/h3-7H,1-2H3;1-5H;3*1H3;. The minimum absolute atomic E-state index is 0.670. The molecule has 2 aliphatic carbocycles. The predicted octanol–water partition coefficient (Wildman–Crippen LogP) is 6.12. The van der Waals surface area contributed by atoms with Gasteiger partial charge >= 0.3 is 125 Å². The van der Waals surface area contributed by atoms with Crippen LogP contribution in [0.15, 0.2) is 42.5 Å². The van der Waals surface area contributed by atoms with Crippen LogP contribution in [0.25, 0.3) is 6.08 Å². The van der Waals surface area contributed by atoms with Crippen molar-refractivity contribution in [1.29, 1.82) is 0 Å². The van der Waals surface area contributed by atoms with Gasteiger partial charge in [0.1, 0.15) is 0 Å². The molecule has 0 bridgehead atoms. The first-order chi connectivity index (χ1) is 9.30. The first-order valence-electron chi connectivity index (χ1n) is 7.65. The van der Waals surface area contributed by atoms with Crippen molar-refractivity contribution in [3.63, 3.8) is 0 Å². The maximum atomic E-state index is 2.62. The van der Waals surface area contributed by atoms with Gasteiger partial charge in [-0.05, 0) is 0 Å². The molecule has 1 aromatic carbocycles. The van der Waals surface area contributed by atoms with Crippen LogP contribution in [-0.2, 0) is 18.8 Å². The molecule has 2 aliphatic rings. The van der Waals surface area contributed by atoms with E-state index in [0.29, 0.717) is 7.25 Å². The molecule has 0 amide bonds. The number of fused-ring (bicyclic) bond motifs is 1. The van der Waals surface area contributed by atoms with Gasteiger partial charge in [-0.3, -0.25) is 0 Å². The van der Waals surface area contributed by atoms with Gasteiger partial charge in [0.05, 0.1) is 0 Å². The van der Waals surface area contributed by atoms with Crippen molar-refractivity contribution in [2.75, 3.05) is 0 Å². The van der Waals surface area contributed by atoms with E-state index in [-0.39, 0.29) is 0 Å². The van der Waals surface area contributed by atoms with Crippen LogP contribution in [0.4, 0.5) is 0 Å². The molecular weight excluding hydrogens is 319 g/mol. The molecule has 105 valence electrons. The SMILES string of the molecule is Cc1ccc(C)c2c1C=C[CH]2[Zr]([CH3])([CH3])([CH3])[CH]1C=CC=C1. The van der Waals surface area contributed by atoms with E-state index in [1.54, 1.807) is 5.56 Å². The summed E-state index contributed by atoms with van der Waals surface area (Å²) in [6.45, 7) is 4.52. The average molecular weight is 345 g/mol. The van der Waals surface area contributed by atoms with Crippen LogP contribution in [0.1, 0.15) is 25.9 Å². The first-order valence-corrected chi connectivity index (χ1v) is 17.9. The van der Waals surface area contributed by atoms with Gasteiger partial charge in [0.25, 0.3) is 0 Å². The van der Waals surface area contributed by atoms with Crippen LogP contribution >= 0.6 is 0 Å². The monoisotopic (exact) mass is 343 g/mol. The molecule has 0 heterocycles. The molecular formula is C19H25Zr. The number of aryl methyl sites for hydroxylation is 2. The first kappa shape index (κ1) is 14.3. The van der Waals surface area contributed by atoms with Gasteiger partial charge in [-0.2, -0.15) is 0 Å². The van der Waals surface area contributed by atoms with Crippen LogP contribution < -0.4 is 0 Å². The summed E-state index contributed by atoms with van der Waals surface area (Å²) in [5, 5.41) is 0. The fraction of sp³-hybridized carbons (Fsp3) is 0.368. The molecule has 1 heteroatoms. The molecule has 0 fully saturated rings. The van der Waals surface area contributed by atoms with E-state index in [9.17, 15) is 0 Å². The summed E-state index contributed by atoms with van der Waals surface area (Å²) in [7, 11) is 0. The van der Waals surface area contributed by atoms with E-state index in [4.69, 9.17) is 0 Å². The van der Waals surface area contributed by atoms with E-state index in [2.05, 4.69) is 76.3 Å². The predicted molar refractivity (Wildman–Crippen MR) is 87.3 cm³/mol. The maximum absolute atomic E-state index is 2.90. The molecule has 3 rings (SSSR count). The number of allylic oxidation sites excluding steroid dienone is 5. The molecule has 0 spiro atoms. The van der Waals surface area contributed by atoms with Crippen molar-refractivity contribution in [3.05, 3.63) is 64.8 Å². The zero-order valence-electron chi connectivity index (χ0n) is 13.3. The molecule has 0 radical (unpaired) electrons. The fourth-order valence-corrected chi connectivity index (χ4v) is 14.3. The zero-order valence-corrected chi connectivity index (χ0v) is 15.7. The van der Waals surface area contributed by atoms with Crippen molar-refractivity contribution in [1.82, 2.24) is 0 Å². The number of rotatable bonds is 2. The van der Waals surface area contributed by atoms with Gasteiger partial charge in [0.2, 0.25) is 0 Å². The van der Waals surface area contributed by atoms with Crippen LogP contribution in [0.3, 0.4) is 0 Å². The van der Waals surface area contributed by atoms with E-state index in [1.165, 1.54) is 16.7 Å². The van der Waals surface area contributed by atoms with E-state index in [1.807, 2.05) is 0 Å². The molecule has 1 aromatic rings. The Hall–Kier alpha value is -0.677. The van der Waals surface area contributed by atoms with Gasteiger partial charge in [-0.15, -0.1) is 0 Å². The van der Waals surface area contributed by atoms with Crippen molar-refractivity contribution in [3.8, 4) is 0 Å². The Bertz CT molecular complexity index is 638. The minimum atomic E-state index is -2.90. The van der Waals surface area contributed by atoms with Gasteiger partial charge in [0.15, 0.2) is 0 Å². The third kappa shape index (κ3) is 1.98. The second kappa shape index (κ2) is 4.41. The van der Waals surface area contributed by atoms with E-state index in [0.717, 1.165) is 0 Å². The molecule has 0 aliphatic heterocycles. The number of hydrogen-bond acceptors (Lipinski definition) is 0. The van der Waals surface area contributed by atoms with E-state index < -0.39 is 18.8 Å². The van der Waals surface area contributed by atoms with Gasteiger partial charge in [0, 0.05) is 0 Å². The molecule has 0 saturated heterocycles. The van der Waals surface area contributed by atoms with Gasteiger partial charge in [-0.1, -0.05) is 0 Å². The van der Waals surface area contributed by atoms with Crippen molar-refractivity contribution < 1.29 is 18.8 Å². The quantitative estimate of drug-likeness (QED) is 0.606. The van der Waals surface area contributed by atoms with Crippen molar-refractivity contribution in [2.45, 2.75) is 35.0 Å². The average Bonchev–Trinajstić information content (AvgIpc) is 3.01. The summed E-state index contributed by atoms with van der Waals surface area (Å²) < 4.78 is 9.23. The van der Waals surface area contributed by atoms with Crippen LogP contribution in [-0.4, -0.2) is 0 Å². The summed E-state index contributed by atoms with van der Waals surface area (Å²) in [5.41, 5.74) is 6.01. The fourth-order valence-electron chi connectivity index (χ4n) is 3.97. The Labute approximate surface area is 124 Å². The summed E-state index contributed by atoms with van der Waals surface area (Å²) in [6, 6.07) is 4.57. The van der Waals surface area contributed by atoms with Crippen molar-refractivity contribution in [2.24, 2.45) is 0 Å². The summed E-state index contributed by atoms with van der Waals surface area (Å²) in [6.07, 6.45) is 14.2. The normalized spacial score (nSPS) is 23.1. The Morgan fingerprint density at radius 2 is 1.45 bits per heavy atom. The zero-order chi connectivity index (χ0) is 14.6. The Morgan fingerprint density at radius 3 is 2.10 bits per heavy atom. The summed E-state index contributed by atoms with van der Waals surface area (Å²) >= 11 is -2.90. The second-order valence-corrected chi connectivity index (χ2v) is 27.9. The van der Waals surface area contributed by atoms with Crippen LogP contribution in [0, 0.1) is 13.8 Å². The van der Waals surface area contributed by atoms with Gasteiger partial charge < -0.3 is 0 Å². The third-order valence-electron chi connectivity index (χ3n) is 5.54.